The van der Waals surface area contributed by atoms with E-state index >= 15 is 0 Å². The third kappa shape index (κ3) is 2.63. The molecule has 0 atom stereocenters. The van der Waals surface area contributed by atoms with Gasteiger partial charge in [0.05, 0.1) is 0 Å². The lowest BCUT2D eigenvalue weighted by Crippen LogP contribution is -2.18. The van der Waals surface area contributed by atoms with Crippen LogP contribution < -0.4 is 16.0 Å². The molecule has 10 heteroatoms. The number of aryl methyl sites for hydroxylation is 1. The smallest absolute Gasteiger partial charge is 0.282 e. The van der Waals surface area contributed by atoms with Crippen molar-refractivity contribution >= 4 is 15.8 Å². The van der Waals surface area contributed by atoms with Crippen molar-refractivity contribution in [3.63, 3.8) is 0 Å². The molecule has 2 aromatic heterocycles. The van der Waals surface area contributed by atoms with Crippen LogP contribution in [0.25, 0.3) is 0 Å². The average Bonchev–Trinajstić information content (AvgIpc) is 2.74. The molecule has 102 valence electrons. The van der Waals surface area contributed by atoms with Gasteiger partial charge in [0.1, 0.15) is 0 Å². The molecule has 0 saturated carbocycles. The van der Waals surface area contributed by atoms with Crippen LogP contribution in [0, 0.1) is 6.92 Å². The van der Waals surface area contributed by atoms with Crippen LogP contribution in [-0.2, 0) is 16.6 Å². The molecule has 0 bridgehead atoms. The Hall–Kier alpha value is -2.20. The van der Waals surface area contributed by atoms with Crippen LogP contribution in [0.1, 0.15) is 11.3 Å². The number of nitrogens with two attached hydrogens (primary N) is 1. The van der Waals surface area contributed by atoms with Crippen molar-refractivity contribution in [2.24, 2.45) is 5.73 Å². The summed E-state index contributed by atoms with van der Waals surface area (Å²) in [7, 11) is -3.91. The van der Waals surface area contributed by atoms with E-state index in [2.05, 4.69) is 25.1 Å². The fourth-order valence-electron chi connectivity index (χ4n) is 1.48. The molecule has 0 radical (unpaired) electrons. The Balaban J connectivity index is 2.37. The van der Waals surface area contributed by atoms with Crippen molar-refractivity contribution in [2.75, 3.05) is 4.72 Å². The van der Waals surface area contributed by atoms with Crippen LogP contribution in [0.5, 0.6) is 0 Å². The van der Waals surface area contributed by atoms with Gasteiger partial charge in [-0.05, 0) is 13.0 Å². The highest BCUT2D eigenvalue weighted by molar-refractivity contribution is 7.92. The van der Waals surface area contributed by atoms with Crippen LogP contribution in [0.15, 0.2) is 22.0 Å². The number of hydrogen-bond acceptors (Lipinski definition) is 6. The monoisotopic (exact) mass is 284 g/mol. The number of aromatic amines is 2. The molecule has 0 aliphatic heterocycles. The fourth-order valence-corrected chi connectivity index (χ4v) is 2.69. The third-order valence-electron chi connectivity index (χ3n) is 2.41. The standard InChI is InChI=1S/C9H12N6O3S/c1-5-6(4-10)9(14-11-5)19(17,18)15-7-2-3-8(16)13-12-7/h2-3H,4,10H2,1H3,(H,11,14)(H,12,15)(H,13,16). The SMILES string of the molecule is Cc1[nH]nc(S(=O)(=O)Nc2ccc(=O)[nH]n2)c1CN. The van der Waals surface area contributed by atoms with E-state index in [1.54, 1.807) is 6.92 Å². The van der Waals surface area contributed by atoms with Gasteiger partial charge in [-0.15, -0.1) is 0 Å². The molecule has 9 nitrogen and oxygen atoms in total. The second kappa shape index (κ2) is 4.82. The van der Waals surface area contributed by atoms with Gasteiger partial charge in [0.25, 0.3) is 15.6 Å². The highest BCUT2D eigenvalue weighted by Crippen LogP contribution is 2.17. The Labute approximate surface area is 108 Å². The number of nitrogens with zero attached hydrogens (tertiary/aromatic N) is 2. The van der Waals surface area contributed by atoms with E-state index in [0.29, 0.717) is 11.3 Å². The van der Waals surface area contributed by atoms with E-state index in [4.69, 9.17) is 5.73 Å². The van der Waals surface area contributed by atoms with E-state index in [-0.39, 0.29) is 17.4 Å². The molecule has 2 aromatic rings. The summed E-state index contributed by atoms with van der Waals surface area (Å²) in [6, 6.07) is 2.41. The number of sulfonamides is 1. The summed E-state index contributed by atoms with van der Waals surface area (Å²) in [5.74, 6) is -0.0109. The Kier molecular flexibility index (Phi) is 3.36. The third-order valence-corrected chi connectivity index (χ3v) is 3.74. The van der Waals surface area contributed by atoms with Crippen LogP contribution >= 0.6 is 0 Å². The average molecular weight is 284 g/mol. The van der Waals surface area contributed by atoms with Crippen LogP contribution in [0.4, 0.5) is 5.82 Å². The molecule has 0 spiro atoms. The lowest BCUT2D eigenvalue weighted by molar-refractivity contribution is 0.595. The number of aromatic nitrogens is 4. The fraction of sp³-hybridized carbons (Fsp3) is 0.222. The Bertz CT molecular complexity index is 727. The molecule has 0 aromatic carbocycles. The Morgan fingerprint density at radius 2 is 2.05 bits per heavy atom. The van der Waals surface area contributed by atoms with Gasteiger partial charge in [0.15, 0.2) is 5.82 Å². The van der Waals surface area contributed by atoms with Gasteiger partial charge in [-0.25, -0.2) is 5.10 Å². The molecule has 0 aliphatic rings. The summed E-state index contributed by atoms with van der Waals surface area (Å²) >= 11 is 0. The molecular weight excluding hydrogens is 272 g/mol. The first-order valence-electron chi connectivity index (χ1n) is 5.26. The second-order valence-electron chi connectivity index (χ2n) is 3.75. The zero-order chi connectivity index (χ0) is 14.0. The maximum atomic E-state index is 12.1. The number of hydrogen-bond donors (Lipinski definition) is 4. The number of nitrogens with one attached hydrogen (secondary N) is 3. The Morgan fingerprint density at radius 1 is 1.32 bits per heavy atom. The highest BCUT2D eigenvalue weighted by Gasteiger charge is 2.23. The zero-order valence-electron chi connectivity index (χ0n) is 9.97. The lowest BCUT2D eigenvalue weighted by Gasteiger charge is -2.05. The summed E-state index contributed by atoms with van der Waals surface area (Å²) in [5.41, 5.74) is 6.04. The minimum absolute atomic E-state index is 0.0109. The van der Waals surface area contributed by atoms with Crippen molar-refractivity contribution in [1.29, 1.82) is 0 Å². The molecule has 2 heterocycles. The largest absolute Gasteiger partial charge is 0.326 e. The normalized spacial score (nSPS) is 11.5. The van der Waals surface area contributed by atoms with Crippen molar-refractivity contribution in [2.45, 2.75) is 18.5 Å². The first-order chi connectivity index (χ1) is 8.94. The number of rotatable bonds is 4. The van der Waals surface area contributed by atoms with Crippen LogP contribution in [0.3, 0.4) is 0 Å². The minimum Gasteiger partial charge on any atom is -0.326 e. The maximum absolute atomic E-state index is 12.1. The predicted octanol–water partition coefficient (Wildman–Crippen LogP) is -0.939. The van der Waals surface area contributed by atoms with E-state index in [9.17, 15) is 13.2 Å². The zero-order valence-corrected chi connectivity index (χ0v) is 10.8. The van der Waals surface area contributed by atoms with Gasteiger partial charge in [0.2, 0.25) is 5.03 Å². The number of H-pyrrole nitrogens is 2. The number of anilines is 1. The highest BCUT2D eigenvalue weighted by atomic mass is 32.2. The van der Waals surface area contributed by atoms with E-state index in [0.717, 1.165) is 6.07 Å². The van der Waals surface area contributed by atoms with Gasteiger partial charge < -0.3 is 5.73 Å². The first-order valence-corrected chi connectivity index (χ1v) is 6.75. The van der Waals surface area contributed by atoms with Crippen molar-refractivity contribution < 1.29 is 8.42 Å². The second-order valence-corrected chi connectivity index (χ2v) is 5.35. The Morgan fingerprint density at radius 3 is 2.63 bits per heavy atom. The molecule has 0 fully saturated rings. The molecule has 0 saturated heterocycles. The summed E-state index contributed by atoms with van der Waals surface area (Å²) in [4.78, 5) is 10.8. The van der Waals surface area contributed by atoms with E-state index in [1.165, 1.54) is 6.07 Å². The van der Waals surface area contributed by atoms with E-state index in [1.807, 2.05) is 0 Å². The van der Waals surface area contributed by atoms with Gasteiger partial charge >= 0.3 is 0 Å². The first kappa shape index (κ1) is 13.2. The molecule has 0 unspecified atom stereocenters. The molecule has 0 amide bonds. The van der Waals surface area contributed by atoms with Crippen LogP contribution in [-0.4, -0.2) is 28.8 Å². The van der Waals surface area contributed by atoms with Crippen molar-refractivity contribution in [3.05, 3.63) is 33.7 Å². The predicted molar refractivity (Wildman–Crippen MR) is 66.9 cm³/mol. The summed E-state index contributed by atoms with van der Waals surface area (Å²) in [5, 5.41) is 11.8. The lowest BCUT2D eigenvalue weighted by atomic mass is 10.3. The van der Waals surface area contributed by atoms with Crippen molar-refractivity contribution in [1.82, 2.24) is 20.4 Å². The molecule has 0 aliphatic carbocycles. The minimum atomic E-state index is -3.91. The summed E-state index contributed by atoms with van der Waals surface area (Å²) < 4.78 is 26.4. The molecule has 5 N–H and O–H groups in total. The van der Waals surface area contributed by atoms with Crippen molar-refractivity contribution in [3.8, 4) is 0 Å². The topological polar surface area (TPSA) is 147 Å². The van der Waals surface area contributed by atoms with Gasteiger partial charge in [-0.3, -0.25) is 14.6 Å². The van der Waals surface area contributed by atoms with Gasteiger partial charge in [0, 0.05) is 23.9 Å². The quantitative estimate of drug-likeness (QED) is 0.569. The molecular formula is C9H12N6O3S. The van der Waals surface area contributed by atoms with Crippen LogP contribution in [0.2, 0.25) is 0 Å². The van der Waals surface area contributed by atoms with Gasteiger partial charge in [-0.2, -0.15) is 18.6 Å². The molecule has 19 heavy (non-hydrogen) atoms. The maximum Gasteiger partial charge on any atom is 0.282 e. The molecule has 2 rings (SSSR count). The van der Waals surface area contributed by atoms with E-state index < -0.39 is 15.6 Å². The van der Waals surface area contributed by atoms with Gasteiger partial charge in [-0.1, -0.05) is 0 Å². The summed E-state index contributed by atoms with van der Waals surface area (Å²) in [6.45, 7) is 1.71. The summed E-state index contributed by atoms with van der Waals surface area (Å²) in [6.07, 6.45) is 0.